The number of nitriles is 1. The van der Waals surface area contributed by atoms with Crippen LogP contribution in [0.5, 0.6) is 0 Å². The van der Waals surface area contributed by atoms with Crippen molar-refractivity contribution in [1.29, 1.82) is 5.26 Å². The largest absolute Gasteiger partial charge is 0.410 e. The maximum atomic E-state index is 14.0. The lowest BCUT2D eigenvalue weighted by Crippen LogP contribution is -2.35. The normalized spacial score (nSPS) is 21.5. The molecule has 0 spiro atoms. The molecule has 0 aromatic carbocycles. The highest BCUT2D eigenvalue weighted by Gasteiger charge is 2.48. The van der Waals surface area contributed by atoms with Crippen LogP contribution in [0.15, 0.2) is 22.0 Å². The van der Waals surface area contributed by atoms with E-state index in [9.17, 15) is 23.2 Å². The number of hydrogen-bond donors (Lipinski definition) is 2. The van der Waals surface area contributed by atoms with E-state index in [1.54, 1.807) is 12.1 Å². The second kappa shape index (κ2) is 9.43. The number of aromatic nitrogens is 2. The summed E-state index contributed by atoms with van der Waals surface area (Å²) in [5.74, 6) is -0.0906. The molecular formula is C25H25BrF3N5OS2. The number of halogens is 4. The van der Waals surface area contributed by atoms with Crippen LogP contribution in [-0.2, 0) is 12.8 Å². The van der Waals surface area contributed by atoms with E-state index in [4.69, 9.17) is 0 Å². The van der Waals surface area contributed by atoms with Crippen molar-refractivity contribution < 1.29 is 18.0 Å². The van der Waals surface area contributed by atoms with Gasteiger partial charge in [0, 0.05) is 16.2 Å². The van der Waals surface area contributed by atoms with Crippen LogP contribution in [-0.4, -0.2) is 21.9 Å². The molecule has 5 rings (SSSR count). The number of fused-ring (bicyclic) bond motifs is 2. The van der Waals surface area contributed by atoms with E-state index in [0.717, 1.165) is 39.3 Å². The Labute approximate surface area is 229 Å². The summed E-state index contributed by atoms with van der Waals surface area (Å²) >= 11 is 6.07. The highest BCUT2D eigenvalue weighted by Crippen LogP contribution is 2.48. The topological polar surface area (TPSA) is 82.7 Å². The highest BCUT2D eigenvalue weighted by molar-refractivity contribution is 9.10. The van der Waals surface area contributed by atoms with Gasteiger partial charge in [-0.15, -0.1) is 22.7 Å². The lowest BCUT2D eigenvalue weighted by atomic mass is 9.72. The Hall–Kier alpha value is -2.36. The van der Waals surface area contributed by atoms with Crippen LogP contribution >= 0.6 is 38.6 Å². The Morgan fingerprint density at radius 1 is 1.35 bits per heavy atom. The van der Waals surface area contributed by atoms with Gasteiger partial charge in [0.2, 0.25) is 0 Å². The number of amides is 1. The highest BCUT2D eigenvalue weighted by atomic mass is 79.9. The number of nitrogens with zero attached hydrogens (tertiary/aromatic N) is 3. The van der Waals surface area contributed by atoms with Crippen LogP contribution < -0.4 is 10.6 Å². The molecule has 1 aliphatic heterocycles. The van der Waals surface area contributed by atoms with Crippen LogP contribution in [0.25, 0.3) is 0 Å². The zero-order valence-corrected chi connectivity index (χ0v) is 23.6. The van der Waals surface area contributed by atoms with Gasteiger partial charge in [0.25, 0.3) is 5.91 Å². The predicted octanol–water partition coefficient (Wildman–Crippen LogP) is 7.70. The Bertz CT molecular complexity index is 1380. The summed E-state index contributed by atoms with van der Waals surface area (Å²) in [5.41, 5.74) is 1.36. The Morgan fingerprint density at radius 2 is 2.11 bits per heavy atom. The summed E-state index contributed by atoms with van der Waals surface area (Å²) in [4.78, 5) is 15.2. The molecule has 0 saturated carbocycles. The monoisotopic (exact) mass is 611 g/mol. The van der Waals surface area contributed by atoms with E-state index in [0.29, 0.717) is 16.5 Å². The molecule has 196 valence electrons. The number of carbonyl (C=O) groups excluding carboxylic acids is 1. The van der Waals surface area contributed by atoms with Crippen molar-refractivity contribution in [3.8, 4) is 6.07 Å². The van der Waals surface area contributed by atoms with Crippen LogP contribution in [0.4, 0.5) is 24.0 Å². The van der Waals surface area contributed by atoms with Crippen molar-refractivity contribution in [3.63, 3.8) is 0 Å². The molecule has 12 heteroatoms. The molecule has 1 amide bonds. The lowest BCUT2D eigenvalue weighted by Gasteiger charge is -2.33. The number of rotatable bonds is 3. The fraction of sp³-hybridized carbons (Fsp3) is 0.480. The van der Waals surface area contributed by atoms with Crippen LogP contribution in [0.1, 0.15) is 77.1 Å². The third kappa shape index (κ3) is 4.81. The van der Waals surface area contributed by atoms with Gasteiger partial charge in [-0.05, 0) is 63.5 Å². The maximum absolute atomic E-state index is 14.0. The van der Waals surface area contributed by atoms with E-state index in [2.05, 4.69) is 58.5 Å². The summed E-state index contributed by atoms with van der Waals surface area (Å²) in [6, 6.07) is 3.36. The predicted molar refractivity (Wildman–Crippen MR) is 142 cm³/mol. The summed E-state index contributed by atoms with van der Waals surface area (Å²) in [6.07, 6.45) is -2.23. The Balaban J connectivity index is 1.46. The molecule has 3 unspecified atom stereocenters. The molecule has 0 bridgehead atoms. The minimum atomic E-state index is -4.55. The van der Waals surface area contributed by atoms with Crippen molar-refractivity contribution in [2.75, 3.05) is 10.6 Å². The molecule has 0 radical (unpaired) electrons. The number of thiophene rings is 2. The van der Waals surface area contributed by atoms with E-state index < -0.39 is 24.2 Å². The standard InChI is InChI=1S/C25H25BrF3N5OS2/c1-24(2,3)12-6-7-13-14(11-30)23(37-17(13)9-12)32-22(35)20-19(26)21-31-15(16-5-4-8-36-16)10-18(25(27,28)29)34(21)33-20/h4-5,8,12,15,18,31H,6-7,9-10H2,1-3H3,(H,32,35). The van der Waals surface area contributed by atoms with E-state index >= 15 is 0 Å². The van der Waals surface area contributed by atoms with Gasteiger partial charge in [0.15, 0.2) is 11.7 Å². The molecule has 2 N–H and O–H groups in total. The van der Waals surface area contributed by atoms with Crippen molar-refractivity contribution in [3.05, 3.63) is 48.6 Å². The Kier molecular flexibility index (Phi) is 6.69. The third-order valence-corrected chi connectivity index (χ3v) is 10.1. The van der Waals surface area contributed by atoms with Crippen LogP contribution in [0.3, 0.4) is 0 Å². The zero-order valence-electron chi connectivity index (χ0n) is 20.4. The van der Waals surface area contributed by atoms with Gasteiger partial charge in [-0.25, -0.2) is 4.68 Å². The molecule has 6 nitrogen and oxygen atoms in total. The lowest BCUT2D eigenvalue weighted by molar-refractivity contribution is -0.173. The molecule has 0 fully saturated rings. The second-order valence-corrected chi connectivity index (χ2v) is 13.4. The van der Waals surface area contributed by atoms with Crippen molar-refractivity contribution in [2.24, 2.45) is 11.3 Å². The van der Waals surface area contributed by atoms with E-state index in [-0.39, 0.29) is 27.8 Å². The fourth-order valence-electron chi connectivity index (χ4n) is 5.10. The smallest absolute Gasteiger partial charge is 0.362 e. The fourth-order valence-corrected chi connectivity index (χ4v) is 7.72. The average molecular weight is 613 g/mol. The van der Waals surface area contributed by atoms with Gasteiger partial charge >= 0.3 is 6.18 Å². The third-order valence-electron chi connectivity index (χ3n) is 7.23. The molecule has 3 atom stereocenters. The van der Waals surface area contributed by atoms with Gasteiger partial charge in [-0.1, -0.05) is 26.8 Å². The van der Waals surface area contributed by atoms with Crippen molar-refractivity contribution >= 4 is 55.3 Å². The Morgan fingerprint density at radius 3 is 2.73 bits per heavy atom. The first-order valence-corrected chi connectivity index (χ1v) is 14.4. The average Bonchev–Trinajstić information content (AvgIpc) is 3.54. The van der Waals surface area contributed by atoms with Crippen LogP contribution in [0.2, 0.25) is 0 Å². The molecule has 3 aromatic heterocycles. The number of carbonyl (C=O) groups is 1. The molecule has 3 aromatic rings. The molecule has 2 aliphatic rings. The summed E-state index contributed by atoms with van der Waals surface area (Å²) in [6.45, 7) is 6.61. The maximum Gasteiger partial charge on any atom is 0.410 e. The molecule has 37 heavy (non-hydrogen) atoms. The molecule has 4 heterocycles. The first-order valence-electron chi connectivity index (χ1n) is 11.9. The minimum Gasteiger partial charge on any atom is -0.362 e. The molecular weight excluding hydrogens is 587 g/mol. The first-order chi connectivity index (χ1) is 17.4. The first kappa shape index (κ1) is 26.3. The molecule has 0 saturated heterocycles. The number of nitrogens with one attached hydrogen (secondary N) is 2. The van der Waals surface area contributed by atoms with Gasteiger partial charge in [0.05, 0.1) is 16.1 Å². The summed E-state index contributed by atoms with van der Waals surface area (Å²) in [7, 11) is 0. The second-order valence-electron chi connectivity index (χ2n) is 10.5. The van der Waals surface area contributed by atoms with E-state index in [1.165, 1.54) is 22.7 Å². The zero-order chi connectivity index (χ0) is 26.7. The van der Waals surface area contributed by atoms with Crippen molar-refractivity contribution in [1.82, 2.24) is 9.78 Å². The number of alkyl halides is 3. The van der Waals surface area contributed by atoms with E-state index in [1.807, 2.05) is 5.38 Å². The number of hydrogen-bond acceptors (Lipinski definition) is 6. The van der Waals surface area contributed by atoms with Gasteiger partial charge in [-0.3, -0.25) is 4.79 Å². The summed E-state index contributed by atoms with van der Waals surface area (Å²) < 4.78 is 43.1. The number of anilines is 2. The van der Waals surface area contributed by atoms with Crippen molar-refractivity contribution in [2.45, 2.75) is 64.7 Å². The quantitative estimate of drug-likeness (QED) is 0.318. The summed E-state index contributed by atoms with van der Waals surface area (Å²) in [5, 5.41) is 22.1. The molecule has 1 aliphatic carbocycles. The minimum absolute atomic E-state index is 0.108. The van der Waals surface area contributed by atoms with Crippen LogP contribution in [0, 0.1) is 22.7 Å². The van der Waals surface area contributed by atoms with Gasteiger partial charge in [0.1, 0.15) is 16.9 Å². The van der Waals surface area contributed by atoms with Gasteiger partial charge < -0.3 is 10.6 Å². The van der Waals surface area contributed by atoms with Gasteiger partial charge in [-0.2, -0.15) is 23.5 Å². The SMILES string of the molecule is CC(C)(C)C1CCc2c(sc(NC(=O)c3nn4c(c3Br)NC(c3cccs3)CC4C(F)(F)F)c2C#N)C1.